The van der Waals surface area contributed by atoms with E-state index in [4.69, 9.17) is 11.6 Å². The van der Waals surface area contributed by atoms with Crippen molar-refractivity contribution in [3.8, 4) is 0 Å². The van der Waals surface area contributed by atoms with Gasteiger partial charge in [-0.05, 0) is 37.2 Å². The van der Waals surface area contributed by atoms with E-state index in [1.165, 1.54) is 18.5 Å². The molecule has 0 radical (unpaired) electrons. The van der Waals surface area contributed by atoms with Gasteiger partial charge in [-0.2, -0.15) is 0 Å². The average Bonchev–Trinajstić information content (AvgIpc) is 3.00. The Kier molecular flexibility index (Phi) is 3.46. The number of rotatable bonds is 3. The van der Waals surface area contributed by atoms with Gasteiger partial charge in [-0.15, -0.1) is 0 Å². The zero-order valence-corrected chi connectivity index (χ0v) is 12.3. The number of amides is 1. The van der Waals surface area contributed by atoms with E-state index in [0.29, 0.717) is 17.4 Å². The van der Waals surface area contributed by atoms with Crippen LogP contribution in [-0.2, 0) is 10.0 Å². The topological polar surface area (TPSA) is 76.1 Å². The highest BCUT2D eigenvalue weighted by molar-refractivity contribution is 7.90. The van der Waals surface area contributed by atoms with Crippen molar-refractivity contribution in [1.82, 2.24) is 9.71 Å². The molecule has 5 nitrogen and oxygen atoms in total. The molecule has 7 heteroatoms. The Hall–Kier alpha value is -1.14. The third kappa shape index (κ3) is 2.54. The lowest BCUT2D eigenvalue weighted by Gasteiger charge is -2.21. The van der Waals surface area contributed by atoms with Crippen LogP contribution in [0.15, 0.2) is 18.5 Å². The van der Waals surface area contributed by atoms with Crippen molar-refractivity contribution in [1.29, 1.82) is 0 Å². The van der Waals surface area contributed by atoms with E-state index in [1.54, 1.807) is 0 Å². The minimum atomic E-state index is -3.62. The van der Waals surface area contributed by atoms with Gasteiger partial charge in [0.05, 0.1) is 15.8 Å². The summed E-state index contributed by atoms with van der Waals surface area (Å²) < 4.78 is 26.8. The average molecular weight is 315 g/mol. The zero-order valence-electron chi connectivity index (χ0n) is 10.8. The van der Waals surface area contributed by atoms with Gasteiger partial charge in [-0.3, -0.25) is 9.78 Å². The number of hydrogen-bond donors (Lipinski definition) is 1. The predicted octanol–water partition coefficient (Wildman–Crippen LogP) is 1.98. The number of pyridine rings is 1. The number of fused-ring (bicyclic) bond motifs is 2. The monoisotopic (exact) mass is 314 g/mol. The van der Waals surface area contributed by atoms with Crippen LogP contribution in [0.3, 0.4) is 0 Å². The second-order valence-electron chi connectivity index (χ2n) is 5.58. The van der Waals surface area contributed by atoms with E-state index in [2.05, 4.69) is 9.71 Å². The normalized spacial score (nSPS) is 28.6. The first kappa shape index (κ1) is 13.8. The highest BCUT2D eigenvalue weighted by Crippen LogP contribution is 2.47. The summed E-state index contributed by atoms with van der Waals surface area (Å²) in [5, 5.41) is -0.132. The Labute approximate surface area is 122 Å². The second-order valence-corrected chi connectivity index (χ2v) is 7.92. The number of aromatic nitrogens is 1. The van der Waals surface area contributed by atoms with E-state index in [0.717, 1.165) is 19.3 Å². The third-order valence-corrected chi connectivity index (χ3v) is 6.32. The molecule has 2 saturated carbocycles. The molecule has 3 atom stereocenters. The van der Waals surface area contributed by atoms with Gasteiger partial charge in [-0.25, -0.2) is 13.1 Å². The number of nitrogens with zero attached hydrogens (tertiary/aromatic N) is 1. The Balaban J connectivity index is 1.75. The van der Waals surface area contributed by atoms with Gasteiger partial charge < -0.3 is 0 Å². The van der Waals surface area contributed by atoms with Crippen molar-refractivity contribution in [3.63, 3.8) is 0 Å². The summed E-state index contributed by atoms with van der Waals surface area (Å²) in [7, 11) is -3.62. The molecule has 2 aliphatic carbocycles. The molecule has 108 valence electrons. The van der Waals surface area contributed by atoms with Crippen molar-refractivity contribution in [2.24, 2.45) is 11.8 Å². The minimum Gasteiger partial charge on any atom is -0.268 e. The number of nitrogens with one attached hydrogen (secondary N) is 1. The lowest BCUT2D eigenvalue weighted by molar-refractivity contribution is 0.0980. The molecule has 20 heavy (non-hydrogen) atoms. The molecule has 1 unspecified atom stereocenters. The smallest absolute Gasteiger partial charge is 0.266 e. The van der Waals surface area contributed by atoms with Crippen molar-refractivity contribution < 1.29 is 13.2 Å². The van der Waals surface area contributed by atoms with Gasteiger partial charge in [-0.1, -0.05) is 18.0 Å². The fourth-order valence-electron chi connectivity index (χ4n) is 3.37. The summed E-state index contributed by atoms with van der Waals surface area (Å²) in [4.78, 5) is 15.8. The Morgan fingerprint density at radius 1 is 1.30 bits per heavy atom. The first-order valence-corrected chi connectivity index (χ1v) is 8.54. The van der Waals surface area contributed by atoms with Gasteiger partial charge in [0.2, 0.25) is 10.0 Å². The molecular formula is C13H15ClN2O3S. The van der Waals surface area contributed by atoms with Crippen molar-refractivity contribution in [3.05, 3.63) is 29.0 Å². The lowest BCUT2D eigenvalue weighted by atomic mass is 10.0. The van der Waals surface area contributed by atoms with Crippen LogP contribution in [0.4, 0.5) is 0 Å². The standard InChI is InChI=1S/C13H15ClN2O3S/c14-11-5-10(6-15-7-11)13(17)16-20(18,19)12-4-8-1-2-9(12)3-8/h5-9,12H,1-4H2,(H,16,17)/t8-,9+,12?/m1/s1. The van der Waals surface area contributed by atoms with Crippen LogP contribution in [0, 0.1) is 11.8 Å². The second kappa shape index (κ2) is 5.00. The number of sulfonamides is 1. The molecular weight excluding hydrogens is 300 g/mol. The lowest BCUT2D eigenvalue weighted by Crippen LogP contribution is -2.40. The van der Waals surface area contributed by atoms with E-state index in [9.17, 15) is 13.2 Å². The van der Waals surface area contributed by atoms with Crippen molar-refractivity contribution in [2.45, 2.75) is 30.9 Å². The maximum absolute atomic E-state index is 12.3. The van der Waals surface area contributed by atoms with Crippen molar-refractivity contribution in [2.75, 3.05) is 0 Å². The molecule has 0 aliphatic heterocycles. The molecule has 3 rings (SSSR count). The van der Waals surface area contributed by atoms with Gasteiger partial charge in [0, 0.05) is 12.4 Å². The Morgan fingerprint density at radius 2 is 2.10 bits per heavy atom. The van der Waals surface area contributed by atoms with Crippen LogP contribution in [0.2, 0.25) is 5.02 Å². The van der Waals surface area contributed by atoms with Gasteiger partial charge in [0.1, 0.15) is 0 Å². The minimum absolute atomic E-state index is 0.157. The first-order chi connectivity index (χ1) is 9.45. The molecule has 0 saturated heterocycles. The van der Waals surface area contributed by atoms with Crippen molar-refractivity contribution >= 4 is 27.5 Å². The molecule has 1 heterocycles. The first-order valence-electron chi connectivity index (χ1n) is 6.62. The summed E-state index contributed by atoms with van der Waals surface area (Å²) in [5.74, 6) is 0.0371. The maximum atomic E-state index is 12.3. The fourth-order valence-corrected chi connectivity index (χ4v) is 5.35. The van der Waals surface area contributed by atoms with Crippen LogP contribution in [0.1, 0.15) is 36.0 Å². The van der Waals surface area contributed by atoms with E-state index >= 15 is 0 Å². The van der Waals surface area contributed by atoms with Crippen LogP contribution in [-0.4, -0.2) is 24.6 Å². The fraction of sp³-hybridized carbons (Fsp3) is 0.538. The molecule has 1 aromatic rings. The number of halogens is 1. The van der Waals surface area contributed by atoms with Crippen LogP contribution in [0.5, 0.6) is 0 Å². The molecule has 2 fully saturated rings. The SMILES string of the molecule is O=C(NS(=O)(=O)C1C[C@@H]2CC[C@H]1C2)c1cncc(Cl)c1. The quantitative estimate of drug-likeness (QED) is 0.925. The molecule has 1 N–H and O–H groups in total. The van der Waals surface area contributed by atoms with Gasteiger partial charge in [0.25, 0.3) is 5.91 Å². The maximum Gasteiger partial charge on any atom is 0.266 e. The Bertz CT molecular complexity index is 647. The zero-order chi connectivity index (χ0) is 14.3. The summed E-state index contributed by atoms with van der Waals surface area (Å²) in [6.07, 6.45) is 6.39. The van der Waals surface area contributed by atoms with E-state index < -0.39 is 21.2 Å². The van der Waals surface area contributed by atoms with Crippen LogP contribution < -0.4 is 4.72 Å². The summed E-state index contributed by atoms with van der Waals surface area (Å²) in [6.45, 7) is 0. The number of carbonyl (C=O) groups is 1. The number of carbonyl (C=O) groups excluding carboxylic acids is 1. The van der Waals surface area contributed by atoms with Gasteiger partial charge >= 0.3 is 0 Å². The van der Waals surface area contributed by atoms with Gasteiger partial charge in [0.15, 0.2) is 0 Å². The summed E-state index contributed by atoms with van der Waals surface area (Å²) >= 11 is 5.75. The largest absolute Gasteiger partial charge is 0.268 e. The molecule has 1 amide bonds. The summed E-state index contributed by atoms with van der Waals surface area (Å²) in [5.41, 5.74) is 0.157. The number of hydrogen-bond acceptors (Lipinski definition) is 4. The highest BCUT2D eigenvalue weighted by Gasteiger charge is 2.46. The van der Waals surface area contributed by atoms with Crippen LogP contribution in [0.25, 0.3) is 0 Å². The Morgan fingerprint density at radius 3 is 2.70 bits per heavy atom. The summed E-state index contributed by atoms with van der Waals surface area (Å²) in [6, 6.07) is 1.40. The molecule has 2 bridgehead atoms. The molecule has 2 aliphatic rings. The molecule has 1 aromatic heterocycles. The molecule has 0 aromatic carbocycles. The predicted molar refractivity (Wildman–Crippen MR) is 74.9 cm³/mol. The van der Waals surface area contributed by atoms with E-state index in [-0.39, 0.29) is 11.5 Å². The van der Waals surface area contributed by atoms with E-state index in [1.807, 2.05) is 0 Å². The highest BCUT2D eigenvalue weighted by atomic mass is 35.5. The molecule has 0 spiro atoms. The van der Waals surface area contributed by atoms with Crippen LogP contribution >= 0.6 is 11.6 Å². The third-order valence-electron chi connectivity index (χ3n) is 4.27.